The molecule has 0 atom stereocenters. The number of carbonyl (C=O) groups is 1. The molecule has 0 saturated carbocycles. The van der Waals surface area contributed by atoms with Crippen LogP contribution >= 0.6 is 0 Å². The van der Waals surface area contributed by atoms with Gasteiger partial charge in [0, 0.05) is 12.1 Å². The lowest BCUT2D eigenvalue weighted by Crippen LogP contribution is -2.19. The van der Waals surface area contributed by atoms with Gasteiger partial charge in [0.2, 0.25) is 0 Å². The molecule has 0 aliphatic rings. The van der Waals surface area contributed by atoms with Gasteiger partial charge < -0.3 is 4.57 Å². The third-order valence-corrected chi connectivity index (χ3v) is 4.27. The van der Waals surface area contributed by atoms with Crippen molar-refractivity contribution in [2.75, 3.05) is 0 Å². The maximum absolute atomic E-state index is 12.4. The molecule has 0 aliphatic heterocycles. The summed E-state index contributed by atoms with van der Waals surface area (Å²) in [6.45, 7) is 6.66. The molecule has 1 amide bonds. The number of rotatable bonds is 4. The fourth-order valence-corrected chi connectivity index (χ4v) is 2.84. The summed E-state index contributed by atoms with van der Waals surface area (Å²) >= 11 is 0. The number of nitrogens with one attached hydrogen (secondary N) is 1. The smallest absolute Gasteiger partial charge is 0.271 e. The van der Waals surface area contributed by atoms with Crippen molar-refractivity contribution in [3.63, 3.8) is 0 Å². The number of benzene rings is 2. The average Bonchev–Trinajstić information content (AvgIpc) is 2.99. The van der Waals surface area contributed by atoms with Crippen LogP contribution in [0, 0.1) is 18.3 Å². The summed E-state index contributed by atoms with van der Waals surface area (Å²) in [5.74, 6) is 0.637. The van der Waals surface area contributed by atoms with Crippen molar-refractivity contribution < 1.29 is 4.79 Å². The lowest BCUT2D eigenvalue weighted by Gasteiger charge is -2.04. The number of imidazole rings is 1. The summed E-state index contributed by atoms with van der Waals surface area (Å²) in [5.41, 5.74) is 6.98. The molecular formula is C20H19N5O. The van der Waals surface area contributed by atoms with E-state index in [0.29, 0.717) is 16.8 Å². The van der Waals surface area contributed by atoms with E-state index < -0.39 is 0 Å². The van der Waals surface area contributed by atoms with Crippen LogP contribution in [0.1, 0.15) is 41.2 Å². The highest BCUT2D eigenvalue weighted by atomic mass is 16.2. The zero-order valence-corrected chi connectivity index (χ0v) is 14.9. The summed E-state index contributed by atoms with van der Waals surface area (Å²) in [7, 11) is 0. The molecule has 3 rings (SSSR count). The predicted molar refractivity (Wildman–Crippen MR) is 101 cm³/mol. The molecule has 2 aromatic carbocycles. The van der Waals surface area contributed by atoms with E-state index in [1.807, 2.05) is 13.0 Å². The van der Waals surface area contributed by atoms with E-state index in [1.165, 1.54) is 0 Å². The zero-order valence-electron chi connectivity index (χ0n) is 14.9. The third-order valence-electron chi connectivity index (χ3n) is 4.27. The van der Waals surface area contributed by atoms with Crippen molar-refractivity contribution in [2.24, 2.45) is 5.10 Å². The minimum atomic E-state index is -0.288. The molecular weight excluding hydrogens is 326 g/mol. The number of hydrogen-bond acceptors (Lipinski definition) is 4. The van der Waals surface area contributed by atoms with Gasteiger partial charge in [-0.05, 0) is 56.7 Å². The minimum Gasteiger partial charge on any atom is -0.329 e. The Balaban J connectivity index is 1.78. The number of carbonyl (C=O) groups excluding carboxylic acids is 1. The highest BCUT2D eigenvalue weighted by Crippen LogP contribution is 2.17. The summed E-state index contributed by atoms with van der Waals surface area (Å²) in [6.07, 6.45) is 0. The SMILES string of the molecule is CCn1c(C)nc2cc(C(=O)N/N=C(/C)c3ccc(C#N)cc3)ccc21. The molecule has 0 radical (unpaired) electrons. The maximum atomic E-state index is 12.4. The number of nitriles is 1. The fraction of sp³-hybridized carbons (Fsp3) is 0.200. The molecule has 1 aromatic heterocycles. The molecule has 1 heterocycles. The van der Waals surface area contributed by atoms with Gasteiger partial charge in [0.25, 0.3) is 5.91 Å². The second-order valence-corrected chi connectivity index (χ2v) is 5.93. The van der Waals surface area contributed by atoms with E-state index >= 15 is 0 Å². The number of aryl methyl sites for hydroxylation is 2. The predicted octanol–water partition coefficient (Wildman–Crippen LogP) is 3.39. The van der Waals surface area contributed by atoms with Crippen LogP contribution in [0.3, 0.4) is 0 Å². The van der Waals surface area contributed by atoms with Crippen molar-refractivity contribution in [3.05, 3.63) is 65.0 Å². The summed E-state index contributed by atoms with van der Waals surface area (Å²) in [4.78, 5) is 16.9. The Kier molecular flexibility index (Phi) is 4.81. The van der Waals surface area contributed by atoms with Gasteiger partial charge in [0.05, 0.1) is 28.4 Å². The van der Waals surface area contributed by atoms with E-state index in [1.54, 1.807) is 43.3 Å². The van der Waals surface area contributed by atoms with Gasteiger partial charge in [0.15, 0.2) is 0 Å². The first-order chi connectivity index (χ1) is 12.5. The molecule has 1 N–H and O–H groups in total. The molecule has 130 valence electrons. The number of aromatic nitrogens is 2. The van der Waals surface area contributed by atoms with Crippen LogP contribution in [0.15, 0.2) is 47.6 Å². The van der Waals surface area contributed by atoms with Crippen LogP contribution in [0.5, 0.6) is 0 Å². The molecule has 6 heteroatoms. The van der Waals surface area contributed by atoms with E-state index in [0.717, 1.165) is 29.0 Å². The van der Waals surface area contributed by atoms with E-state index in [2.05, 4.69) is 33.1 Å². The molecule has 3 aromatic rings. The Morgan fingerprint density at radius 2 is 1.92 bits per heavy atom. The number of amides is 1. The van der Waals surface area contributed by atoms with Crippen molar-refractivity contribution in [3.8, 4) is 6.07 Å². The molecule has 6 nitrogen and oxygen atoms in total. The Labute approximate surface area is 151 Å². The van der Waals surface area contributed by atoms with Crippen molar-refractivity contribution in [1.82, 2.24) is 15.0 Å². The minimum absolute atomic E-state index is 0.288. The molecule has 0 unspecified atom stereocenters. The lowest BCUT2D eigenvalue weighted by molar-refractivity contribution is 0.0955. The summed E-state index contributed by atoms with van der Waals surface area (Å²) < 4.78 is 2.10. The average molecular weight is 345 g/mol. The summed E-state index contributed by atoms with van der Waals surface area (Å²) in [5, 5.41) is 13.0. The van der Waals surface area contributed by atoms with Crippen LogP contribution in [-0.4, -0.2) is 21.2 Å². The van der Waals surface area contributed by atoms with Crippen molar-refractivity contribution >= 4 is 22.7 Å². The number of hydrazone groups is 1. The highest BCUT2D eigenvalue weighted by molar-refractivity contribution is 6.01. The Hall–Kier alpha value is -3.46. The third kappa shape index (κ3) is 3.33. The van der Waals surface area contributed by atoms with Crippen LogP contribution < -0.4 is 5.43 Å². The van der Waals surface area contributed by atoms with E-state index in [4.69, 9.17) is 5.26 Å². The number of nitrogens with zero attached hydrogens (tertiary/aromatic N) is 4. The van der Waals surface area contributed by atoms with E-state index in [-0.39, 0.29) is 5.91 Å². The summed E-state index contributed by atoms with van der Waals surface area (Å²) in [6, 6.07) is 14.6. The monoisotopic (exact) mass is 345 g/mol. The topological polar surface area (TPSA) is 83.1 Å². The Morgan fingerprint density at radius 3 is 2.58 bits per heavy atom. The van der Waals surface area contributed by atoms with Crippen LogP contribution in [0.2, 0.25) is 0 Å². The number of hydrogen-bond donors (Lipinski definition) is 1. The van der Waals surface area contributed by atoms with E-state index in [9.17, 15) is 4.79 Å². The van der Waals surface area contributed by atoms with Gasteiger partial charge in [-0.15, -0.1) is 0 Å². The molecule has 0 spiro atoms. The van der Waals surface area contributed by atoms with Gasteiger partial charge in [0.1, 0.15) is 5.82 Å². The van der Waals surface area contributed by atoms with Gasteiger partial charge >= 0.3 is 0 Å². The first-order valence-electron chi connectivity index (χ1n) is 8.35. The van der Waals surface area contributed by atoms with Crippen LogP contribution in [0.4, 0.5) is 0 Å². The van der Waals surface area contributed by atoms with Gasteiger partial charge in [-0.2, -0.15) is 10.4 Å². The van der Waals surface area contributed by atoms with Crippen LogP contribution in [0.25, 0.3) is 11.0 Å². The normalized spacial score (nSPS) is 11.4. The molecule has 0 fully saturated rings. The largest absolute Gasteiger partial charge is 0.329 e. The first-order valence-corrected chi connectivity index (χ1v) is 8.35. The standard InChI is InChI=1S/C20H19N5O/c1-4-25-14(3)22-18-11-17(9-10-19(18)25)20(26)24-23-13(2)16-7-5-15(12-21)6-8-16/h5-11H,4H2,1-3H3,(H,24,26)/b23-13-. The Bertz CT molecular complexity index is 1040. The molecule has 0 aliphatic carbocycles. The van der Waals surface area contributed by atoms with Crippen molar-refractivity contribution in [2.45, 2.75) is 27.3 Å². The lowest BCUT2D eigenvalue weighted by atomic mass is 10.1. The molecule has 0 saturated heterocycles. The van der Waals surface area contributed by atoms with Gasteiger partial charge in [-0.3, -0.25) is 4.79 Å². The second-order valence-electron chi connectivity index (χ2n) is 5.93. The van der Waals surface area contributed by atoms with Gasteiger partial charge in [-0.25, -0.2) is 10.4 Å². The zero-order chi connectivity index (χ0) is 18.7. The number of fused-ring (bicyclic) bond motifs is 1. The molecule has 26 heavy (non-hydrogen) atoms. The second kappa shape index (κ2) is 7.19. The maximum Gasteiger partial charge on any atom is 0.271 e. The first kappa shape index (κ1) is 17.4. The van der Waals surface area contributed by atoms with Crippen LogP contribution in [-0.2, 0) is 6.54 Å². The Morgan fingerprint density at radius 1 is 1.23 bits per heavy atom. The highest BCUT2D eigenvalue weighted by Gasteiger charge is 2.10. The fourth-order valence-electron chi connectivity index (χ4n) is 2.84. The molecule has 0 bridgehead atoms. The quantitative estimate of drug-likeness (QED) is 0.581. The van der Waals surface area contributed by atoms with Crippen molar-refractivity contribution in [1.29, 1.82) is 5.26 Å². The van der Waals surface area contributed by atoms with Gasteiger partial charge in [-0.1, -0.05) is 12.1 Å².